The number of carboxylic acids is 1. The third kappa shape index (κ3) is 5.10. The maximum Gasteiger partial charge on any atom is 0.312 e. The maximum absolute atomic E-state index is 12.6. The second kappa shape index (κ2) is 9.52. The molecule has 0 bridgehead atoms. The first-order valence-electron chi connectivity index (χ1n) is 11.3. The Morgan fingerprint density at radius 2 is 1.85 bits per heavy atom. The van der Waals surface area contributed by atoms with Gasteiger partial charge in [-0.05, 0) is 80.3 Å². The van der Waals surface area contributed by atoms with Crippen LogP contribution in [0.2, 0.25) is 0 Å². The minimum absolute atomic E-state index is 0.105. The monoisotopic (exact) mass is 452 g/mol. The number of aliphatic carboxylic acids is 1. The first-order chi connectivity index (χ1) is 15.8. The molecule has 1 saturated carbocycles. The SMILES string of the molecule is Cc1cc(NC(=O)CC(=O)O)c2c(c1Oc1ccc(O)c(C(=O)NCC3CCC3)c1)CCC2. The number of carboxylic acid groups (broad SMARTS) is 1. The highest BCUT2D eigenvalue weighted by atomic mass is 16.5. The fourth-order valence-corrected chi connectivity index (χ4v) is 4.39. The Balaban J connectivity index is 1.55. The molecule has 4 rings (SSSR count). The number of benzene rings is 2. The fraction of sp³-hybridized carbons (Fsp3) is 0.400. The van der Waals surface area contributed by atoms with E-state index in [1.165, 1.54) is 18.6 Å². The lowest BCUT2D eigenvalue weighted by molar-refractivity contribution is -0.139. The van der Waals surface area contributed by atoms with Crippen LogP contribution in [0.15, 0.2) is 24.3 Å². The Morgan fingerprint density at radius 3 is 2.55 bits per heavy atom. The number of carbonyl (C=O) groups is 3. The van der Waals surface area contributed by atoms with E-state index in [-0.39, 0.29) is 17.2 Å². The maximum atomic E-state index is 12.6. The standard InChI is InChI=1S/C25H28N2O6/c1-14-10-20(27-22(29)12-23(30)31)17-6-3-7-18(17)24(14)33-16-8-9-21(28)19(11-16)25(32)26-13-15-4-2-5-15/h8-11,15,28H,2-7,12-13H2,1H3,(H,26,32)(H,27,29)(H,30,31). The third-order valence-corrected chi connectivity index (χ3v) is 6.33. The van der Waals surface area contributed by atoms with Gasteiger partial charge in [0.1, 0.15) is 23.7 Å². The largest absolute Gasteiger partial charge is 0.507 e. The molecule has 2 aromatic carbocycles. The number of hydrogen-bond acceptors (Lipinski definition) is 5. The molecule has 8 heteroatoms. The first kappa shape index (κ1) is 22.6. The highest BCUT2D eigenvalue weighted by Crippen LogP contribution is 2.41. The summed E-state index contributed by atoms with van der Waals surface area (Å²) >= 11 is 0. The highest BCUT2D eigenvalue weighted by Gasteiger charge is 2.24. The lowest BCUT2D eigenvalue weighted by atomic mass is 9.85. The Bertz CT molecular complexity index is 1110. The Labute approximate surface area is 192 Å². The summed E-state index contributed by atoms with van der Waals surface area (Å²) in [5.41, 5.74) is 3.46. The molecule has 8 nitrogen and oxygen atoms in total. The summed E-state index contributed by atoms with van der Waals surface area (Å²) in [6.07, 6.45) is 5.24. The van der Waals surface area contributed by atoms with Gasteiger partial charge in [0.2, 0.25) is 5.91 Å². The summed E-state index contributed by atoms with van der Waals surface area (Å²) in [6.45, 7) is 2.46. The van der Waals surface area contributed by atoms with E-state index in [0.29, 0.717) is 29.6 Å². The van der Waals surface area contributed by atoms with Gasteiger partial charge in [-0.3, -0.25) is 14.4 Å². The van der Waals surface area contributed by atoms with E-state index in [4.69, 9.17) is 9.84 Å². The summed E-state index contributed by atoms with van der Waals surface area (Å²) in [6, 6.07) is 6.38. The molecule has 33 heavy (non-hydrogen) atoms. The van der Waals surface area contributed by atoms with Crippen molar-refractivity contribution in [3.8, 4) is 17.2 Å². The number of phenols is 1. The average Bonchev–Trinajstić information content (AvgIpc) is 3.20. The molecule has 0 radical (unpaired) electrons. The number of phenolic OH excluding ortho intramolecular Hbond substituents is 1. The molecule has 4 N–H and O–H groups in total. The van der Waals surface area contributed by atoms with E-state index in [0.717, 1.165) is 48.8 Å². The van der Waals surface area contributed by atoms with E-state index in [2.05, 4.69) is 10.6 Å². The predicted octanol–water partition coefficient (Wildman–Crippen LogP) is 3.92. The Hall–Kier alpha value is -3.55. The number of hydrogen-bond donors (Lipinski definition) is 4. The van der Waals surface area contributed by atoms with Crippen LogP contribution >= 0.6 is 0 Å². The van der Waals surface area contributed by atoms with Crippen molar-refractivity contribution in [1.82, 2.24) is 5.32 Å². The van der Waals surface area contributed by atoms with Crippen LogP contribution in [0, 0.1) is 12.8 Å². The second-order valence-corrected chi connectivity index (χ2v) is 8.79. The third-order valence-electron chi connectivity index (χ3n) is 6.33. The van der Waals surface area contributed by atoms with E-state index < -0.39 is 18.3 Å². The zero-order valence-corrected chi connectivity index (χ0v) is 18.6. The molecule has 0 aliphatic heterocycles. The number of ether oxygens (including phenoxy) is 1. The van der Waals surface area contributed by atoms with Crippen LogP contribution in [0.5, 0.6) is 17.2 Å². The van der Waals surface area contributed by atoms with E-state index in [9.17, 15) is 19.5 Å². The van der Waals surface area contributed by atoms with Gasteiger partial charge < -0.3 is 25.6 Å². The van der Waals surface area contributed by atoms with Crippen LogP contribution in [0.3, 0.4) is 0 Å². The fourth-order valence-electron chi connectivity index (χ4n) is 4.39. The van der Waals surface area contributed by atoms with Gasteiger partial charge in [-0.2, -0.15) is 0 Å². The van der Waals surface area contributed by atoms with E-state index in [1.54, 1.807) is 12.1 Å². The number of aromatic hydroxyl groups is 1. The van der Waals surface area contributed by atoms with Crippen molar-refractivity contribution in [2.45, 2.75) is 51.9 Å². The number of nitrogens with one attached hydrogen (secondary N) is 2. The van der Waals surface area contributed by atoms with Gasteiger partial charge in [-0.25, -0.2) is 0 Å². The normalized spacial score (nSPS) is 14.8. The van der Waals surface area contributed by atoms with Crippen molar-refractivity contribution in [1.29, 1.82) is 0 Å². The molecule has 1 fully saturated rings. The average molecular weight is 453 g/mol. The summed E-state index contributed by atoms with van der Waals surface area (Å²) in [5.74, 6) is -0.585. The minimum Gasteiger partial charge on any atom is -0.507 e. The topological polar surface area (TPSA) is 125 Å². The molecule has 0 aromatic heterocycles. The van der Waals surface area contributed by atoms with Crippen molar-refractivity contribution in [3.63, 3.8) is 0 Å². The number of carbonyl (C=O) groups excluding carboxylic acids is 2. The highest BCUT2D eigenvalue weighted by molar-refractivity contribution is 6.02. The summed E-state index contributed by atoms with van der Waals surface area (Å²) in [4.78, 5) is 35.4. The zero-order chi connectivity index (χ0) is 23.5. The quantitative estimate of drug-likeness (QED) is 0.450. The number of rotatable bonds is 8. The minimum atomic E-state index is -1.18. The van der Waals surface area contributed by atoms with Crippen LogP contribution < -0.4 is 15.4 Å². The van der Waals surface area contributed by atoms with Crippen LogP contribution in [-0.4, -0.2) is 34.5 Å². The number of fused-ring (bicyclic) bond motifs is 1. The zero-order valence-electron chi connectivity index (χ0n) is 18.6. The van der Waals surface area contributed by atoms with Gasteiger partial charge in [-0.15, -0.1) is 0 Å². The predicted molar refractivity (Wildman–Crippen MR) is 122 cm³/mol. The Morgan fingerprint density at radius 1 is 1.09 bits per heavy atom. The van der Waals surface area contributed by atoms with Crippen molar-refractivity contribution >= 4 is 23.5 Å². The molecule has 2 aliphatic carbocycles. The molecule has 0 saturated heterocycles. The summed E-state index contributed by atoms with van der Waals surface area (Å²) < 4.78 is 6.18. The number of anilines is 1. The molecular weight excluding hydrogens is 424 g/mol. The molecule has 0 spiro atoms. The summed E-state index contributed by atoms with van der Waals surface area (Å²) in [7, 11) is 0. The molecule has 174 valence electrons. The molecule has 2 amide bonds. The molecule has 2 aliphatic rings. The first-order valence-corrected chi connectivity index (χ1v) is 11.3. The van der Waals surface area contributed by atoms with Crippen LogP contribution in [0.1, 0.15) is 59.2 Å². The molecule has 0 atom stereocenters. The van der Waals surface area contributed by atoms with Crippen LogP contribution in [0.25, 0.3) is 0 Å². The van der Waals surface area contributed by atoms with Gasteiger partial charge in [0.25, 0.3) is 5.91 Å². The molecule has 0 unspecified atom stereocenters. The van der Waals surface area contributed by atoms with Crippen molar-refractivity contribution in [2.75, 3.05) is 11.9 Å². The number of aryl methyl sites for hydroxylation is 1. The van der Waals surface area contributed by atoms with Crippen molar-refractivity contribution in [2.24, 2.45) is 5.92 Å². The van der Waals surface area contributed by atoms with Crippen LogP contribution in [-0.2, 0) is 22.4 Å². The van der Waals surface area contributed by atoms with E-state index in [1.807, 2.05) is 6.92 Å². The summed E-state index contributed by atoms with van der Waals surface area (Å²) in [5, 5.41) is 24.6. The smallest absolute Gasteiger partial charge is 0.312 e. The van der Waals surface area contributed by atoms with Crippen molar-refractivity contribution in [3.05, 3.63) is 46.5 Å². The van der Waals surface area contributed by atoms with Gasteiger partial charge in [0, 0.05) is 17.8 Å². The van der Waals surface area contributed by atoms with E-state index >= 15 is 0 Å². The lowest BCUT2D eigenvalue weighted by Gasteiger charge is -2.25. The lowest BCUT2D eigenvalue weighted by Crippen LogP contribution is -2.32. The van der Waals surface area contributed by atoms with Gasteiger partial charge in [0.05, 0.1) is 5.56 Å². The molecule has 2 aromatic rings. The molecule has 0 heterocycles. The van der Waals surface area contributed by atoms with Crippen LogP contribution in [0.4, 0.5) is 5.69 Å². The molecular formula is C25H28N2O6. The van der Waals surface area contributed by atoms with Gasteiger partial charge >= 0.3 is 5.97 Å². The van der Waals surface area contributed by atoms with Crippen molar-refractivity contribution < 1.29 is 29.3 Å². The Kier molecular flexibility index (Phi) is 6.53. The van der Waals surface area contributed by atoms with Gasteiger partial charge in [-0.1, -0.05) is 6.42 Å². The second-order valence-electron chi connectivity index (χ2n) is 8.79. The van der Waals surface area contributed by atoms with Gasteiger partial charge in [0.15, 0.2) is 0 Å². The number of amides is 2.